The number of rotatable bonds is 11. The molecule has 0 fully saturated rings. The third-order valence-electron chi connectivity index (χ3n) is 8.41. The summed E-state index contributed by atoms with van der Waals surface area (Å²) < 4.78 is 28.6. The van der Waals surface area contributed by atoms with Crippen molar-refractivity contribution >= 4 is 10.0 Å². The van der Waals surface area contributed by atoms with Crippen molar-refractivity contribution < 1.29 is 18.6 Å². The first-order chi connectivity index (χ1) is 25.1. The molecule has 5 atom stereocenters. The number of nitrogens with one attached hydrogen (secondary N) is 1. The second-order valence-electron chi connectivity index (χ2n) is 12.3. The molecule has 0 aliphatic carbocycles. The first-order valence-corrected chi connectivity index (χ1v) is 18.5. The van der Waals surface area contributed by atoms with Gasteiger partial charge < -0.3 is 27.4 Å². The van der Waals surface area contributed by atoms with Crippen molar-refractivity contribution in [1.82, 2.24) is 4.72 Å². The summed E-state index contributed by atoms with van der Waals surface area (Å²) in [5.41, 5.74) is 23.5. The van der Waals surface area contributed by atoms with Gasteiger partial charge in [0.05, 0.1) is 41.8 Å². The van der Waals surface area contributed by atoms with Crippen LogP contribution in [0.1, 0.15) is 63.7 Å². The minimum absolute atomic E-state index is 0.00398. The van der Waals surface area contributed by atoms with Gasteiger partial charge in [-0.15, -0.1) is 0 Å². The molecule has 6 aromatic carbocycles. The van der Waals surface area contributed by atoms with Gasteiger partial charge in [0.2, 0.25) is 10.0 Å². The Hall–Kier alpha value is -4.97. The Morgan fingerprint density at radius 3 is 1.31 bits per heavy atom. The number of sulfonamides is 1. The van der Waals surface area contributed by atoms with Gasteiger partial charge in [-0.05, 0) is 46.9 Å². The highest BCUT2D eigenvalue weighted by atomic mass is 32.2. The average Bonchev–Trinajstić information content (AvgIpc) is 3.21. The fraction of sp³-hybridized carbons (Fsp3) is 0.163. The summed E-state index contributed by atoms with van der Waals surface area (Å²) in [6, 6.07) is 52.6. The van der Waals surface area contributed by atoms with E-state index < -0.39 is 28.2 Å². The monoisotopic (exact) mass is 716 g/mol. The maximum absolute atomic E-state index is 12.9. The first kappa shape index (κ1) is 39.8. The highest BCUT2D eigenvalue weighted by Gasteiger charge is 2.27. The lowest BCUT2D eigenvalue weighted by atomic mass is 9.95. The molecule has 8 nitrogen and oxygen atoms in total. The highest BCUT2D eigenvalue weighted by molar-refractivity contribution is 7.89. The SMILES string of the molecule is Cc1ccc(S(=O)(=O)N[C@H](c2ccccc2)[C@H](N)c2ccccc2)cc1.N[C@@H](c1ccccc1)[C@H](O)c1ccccc1.N[C@H](CO)c1ccccc1. The zero-order chi connectivity index (χ0) is 37.3. The first-order valence-electron chi connectivity index (χ1n) is 17.0. The third-order valence-corrected chi connectivity index (χ3v) is 9.86. The summed E-state index contributed by atoms with van der Waals surface area (Å²) >= 11 is 0. The predicted octanol–water partition coefficient (Wildman–Crippen LogP) is 6.81. The summed E-state index contributed by atoms with van der Waals surface area (Å²) in [4.78, 5) is 0.226. The lowest BCUT2D eigenvalue weighted by Crippen LogP contribution is -2.36. The molecule has 0 aliphatic rings. The second-order valence-corrected chi connectivity index (χ2v) is 14.0. The minimum atomic E-state index is -3.71. The number of aliphatic hydroxyl groups excluding tert-OH is 2. The number of nitrogens with two attached hydrogens (primary N) is 3. The van der Waals surface area contributed by atoms with Crippen molar-refractivity contribution in [2.75, 3.05) is 6.61 Å². The molecule has 270 valence electrons. The second kappa shape index (κ2) is 20.2. The smallest absolute Gasteiger partial charge is 0.241 e. The normalized spacial score (nSPS) is 13.9. The number of hydrogen-bond donors (Lipinski definition) is 6. The summed E-state index contributed by atoms with van der Waals surface area (Å²) in [6.07, 6.45) is -0.663. The highest BCUT2D eigenvalue weighted by Crippen LogP contribution is 2.29. The fourth-order valence-electron chi connectivity index (χ4n) is 5.35. The van der Waals surface area contributed by atoms with Gasteiger partial charge in [0.1, 0.15) is 0 Å². The zero-order valence-corrected chi connectivity index (χ0v) is 30.0. The van der Waals surface area contributed by atoms with Crippen molar-refractivity contribution in [3.8, 4) is 0 Å². The molecule has 9 N–H and O–H groups in total. The van der Waals surface area contributed by atoms with Crippen LogP contribution >= 0.6 is 0 Å². The van der Waals surface area contributed by atoms with Crippen LogP contribution < -0.4 is 21.9 Å². The van der Waals surface area contributed by atoms with Crippen LogP contribution in [-0.4, -0.2) is 25.2 Å². The van der Waals surface area contributed by atoms with Crippen LogP contribution in [0.5, 0.6) is 0 Å². The van der Waals surface area contributed by atoms with Crippen LogP contribution in [0.3, 0.4) is 0 Å². The van der Waals surface area contributed by atoms with Crippen LogP contribution in [-0.2, 0) is 10.0 Å². The summed E-state index contributed by atoms with van der Waals surface area (Å²) in [5.74, 6) is 0. The third kappa shape index (κ3) is 11.8. The lowest BCUT2D eigenvalue weighted by Gasteiger charge is -2.26. The van der Waals surface area contributed by atoms with E-state index in [1.54, 1.807) is 24.3 Å². The fourth-order valence-corrected chi connectivity index (χ4v) is 6.60. The van der Waals surface area contributed by atoms with Crippen LogP contribution in [0, 0.1) is 6.92 Å². The van der Waals surface area contributed by atoms with Crippen LogP contribution in [0.15, 0.2) is 181 Å². The molecule has 0 radical (unpaired) electrons. The van der Waals surface area contributed by atoms with Gasteiger partial charge in [0.25, 0.3) is 0 Å². The van der Waals surface area contributed by atoms with Gasteiger partial charge in [0.15, 0.2) is 0 Å². The standard InChI is InChI=1S/C21H22N2O2S.C14H15NO.C8H11NO/c1-16-12-14-19(15-13-16)26(24,25)23-21(18-10-6-3-7-11-18)20(22)17-8-4-2-5-9-17;15-13(11-7-3-1-4-8-11)14(16)12-9-5-2-6-10-12;9-8(6-10)7-4-2-1-3-5-7/h2-15,20-21,23H,22H2,1H3;1-10,13-14,16H,15H2;1-5,8,10H,6,9H2/t20-,21-;13-,14+;8-/m101/s1. The molecule has 0 unspecified atom stereocenters. The number of aliphatic hydroxyl groups is 2. The molecule has 0 saturated heterocycles. The Morgan fingerprint density at radius 2 is 0.885 bits per heavy atom. The van der Waals surface area contributed by atoms with Crippen molar-refractivity contribution in [3.63, 3.8) is 0 Å². The predicted molar refractivity (Wildman–Crippen MR) is 209 cm³/mol. The molecule has 0 aromatic heterocycles. The van der Waals surface area contributed by atoms with E-state index >= 15 is 0 Å². The van der Waals surface area contributed by atoms with Crippen molar-refractivity contribution in [2.24, 2.45) is 17.2 Å². The average molecular weight is 717 g/mol. The molecular formula is C43H48N4O4S. The number of aryl methyl sites for hydroxylation is 1. The van der Waals surface area contributed by atoms with E-state index in [1.165, 1.54) is 0 Å². The molecule has 0 heterocycles. The van der Waals surface area contributed by atoms with E-state index in [1.807, 2.05) is 159 Å². The summed E-state index contributed by atoms with van der Waals surface area (Å²) in [7, 11) is -3.71. The van der Waals surface area contributed by atoms with E-state index in [2.05, 4.69) is 4.72 Å². The molecule has 0 spiro atoms. The van der Waals surface area contributed by atoms with E-state index in [0.717, 1.165) is 33.4 Å². The van der Waals surface area contributed by atoms with Gasteiger partial charge >= 0.3 is 0 Å². The van der Waals surface area contributed by atoms with Gasteiger partial charge in [-0.2, -0.15) is 0 Å². The van der Waals surface area contributed by atoms with Gasteiger partial charge in [-0.3, -0.25) is 0 Å². The lowest BCUT2D eigenvalue weighted by molar-refractivity contribution is 0.147. The topological polar surface area (TPSA) is 165 Å². The number of benzene rings is 6. The summed E-state index contributed by atoms with van der Waals surface area (Å²) in [5, 5.41) is 18.8. The van der Waals surface area contributed by atoms with Gasteiger partial charge in [-0.1, -0.05) is 169 Å². The molecule has 0 saturated carbocycles. The Bertz CT molecular complexity index is 1930. The van der Waals surface area contributed by atoms with Crippen LogP contribution in [0.2, 0.25) is 0 Å². The Balaban J connectivity index is 0.000000197. The van der Waals surface area contributed by atoms with Gasteiger partial charge in [-0.25, -0.2) is 13.1 Å². The van der Waals surface area contributed by atoms with Crippen molar-refractivity contribution in [3.05, 3.63) is 209 Å². The Morgan fingerprint density at radius 1 is 0.519 bits per heavy atom. The van der Waals surface area contributed by atoms with E-state index in [4.69, 9.17) is 22.3 Å². The quantitative estimate of drug-likeness (QED) is 0.0857. The molecule has 0 bridgehead atoms. The molecule has 6 rings (SSSR count). The van der Waals surface area contributed by atoms with Crippen molar-refractivity contribution in [2.45, 2.75) is 42.1 Å². The number of hydrogen-bond acceptors (Lipinski definition) is 7. The van der Waals surface area contributed by atoms with E-state index in [9.17, 15) is 13.5 Å². The van der Waals surface area contributed by atoms with Crippen LogP contribution in [0.4, 0.5) is 0 Å². The Kier molecular flexibility index (Phi) is 15.4. The zero-order valence-electron chi connectivity index (χ0n) is 29.2. The van der Waals surface area contributed by atoms with Crippen molar-refractivity contribution in [1.29, 1.82) is 0 Å². The van der Waals surface area contributed by atoms with E-state index in [0.29, 0.717) is 0 Å². The molecule has 6 aromatic rings. The molecule has 0 amide bonds. The summed E-state index contributed by atoms with van der Waals surface area (Å²) in [6.45, 7) is 1.92. The largest absolute Gasteiger partial charge is 0.394 e. The minimum Gasteiger partial charge on any atom is -0.394 e. The molecular weight excluding hydrogens is 669 g/mol. The molecule has 52 heavy (non-hydrogen) atoms. The maximum Gasteiger partial charge on any atom is 0.241 e. The molecule has 9 heteroatoms. The van der Waals surface area contributed by atoms with Crippen LogP contribution in [0.25, 0.3) is 0 Å². The van der Waals surface area contributed by atoms with E-state index in [-0.39, 0.29) is 23.6 Å². The maximum atomic E-state index is 12.9. The molecule has 0 aliphatic heterocycles. The van der Waals surface area contributed by atoms with Gasteiger partial charge in [0, 0.05) is 0 Å². The Labute approximate surface area is 307 Å².